The fourth-order valence-electron chi connectivity index (χ4n) is 5.50. The Morgan fingerprint density at radius 3 is 2.26 bits per heavy atom. The summed E-state index contributed by atoms with van der Waals surface area (Å²) < 4.78 is 28.0. The Morgan fingerprint density at radius 1 is 0.884 bits per heavy atom. The third-order valence-electron chi connectivity index (χ3n) is 7.83. The van der Waals surface area contributed by atoms with E-state index in [-0.39, 0.29) is 30.3 Å². The van der Waals surface area contributed by atoms with Crippen molar-refractivity contribution in [1.82, 2.24) is 20.3 Å². The predicted molar refractivity (Wildman–Crippen MR) is 159 cm³/mol. The van der Waals surface area contributed by atoms with Crippen molar-refractivity contribution in [2.45, 2.75) is 74.9 Å². The lowest BCUT2D eigenvalue weighted by Gasteiger charge is -2.25. The van der Waals surface area contributed by atoms with Gasteiger partial charge in [0.25, 0.3) is 0 Å². The molecule has 0 unspecified atom stereocenters. The van der Waals surface area contributed by atoms with E-state index in [9.17, 15) is 32.7 Å². The lowest BCUT2D eigenvalue weighted by molar-refractivity contribution is -0.142. The normalized spacial score (nSPS) is 18.4. The number of hydrogen-bond donors (Lipinski definition) is 5. The minimum atomic E-state index is -4.08. The summed E-state index contributed by atoms with van der Waals surface area (Å²) in [7, 11) is -4.08. The summed E-state index contributed by atoms with van der Waals surface area (Å²) in [5, 5.41) is 19.9. The summed E-state index contributed by atoms with van der Waals surface area (Å²) in [4.78, 5) is 49.5. The Hall–Kier alpha value is -3.97. The molecular formula is C30H39N5O7S. The Labute approximate surface area is 251 Å². The molecule has 0 spiro atoms. The first-order valence-electron chi connectivity index (χ1n) is 14.6. The van der Waals surface area contributed by atoms with Crippen LogP contribution in [0, 0.1) is 5.92 Å². The molecule has 13 heteroatoms. The van der Waals surface area contributed by atoms with E-state index in [0.717, 1.165) is 35.6 Å². The summed E-state index contributed by atoms with van der Waals surface area (Å²) in [5.41, 5.74) is 1.34. The van der Waals surface area contributed by atoms with Crippen molar-refractivity contribution in [2.24, 2.45) is 5.92 Å². The van der Waals surface area contributed by atoms with Crippen LogP contribution in [-0.2, 0) is 31.0 Å². The van der Waals surface area contributed by atoms with Crippen LogP contribution in [0.2, 0.25) is 0 Å². The number of aliphatic carboxylic acids is 1. The number of amides is 4. The number of anilines is 1. The van der Waals surface area contributed by atoms with E-state index < -0.39 is 46.6 Å². The summed E-state index contributed by atoms with van der Waals surface area (Å²) in [6.07, 6.45) is 6.66. The standard InChI is InChI=1S/C30H39N5O7S/c36-27(18-21-8-3-1-4-9-21)33-23-13-15-24(16-14-23)43(41,42)35-17-7-12-26(35)28(37)34-25(29(38)39)20-32-30(40)31-19-22-10-5-2-6-11-22/h2,5-6,10-11,13-16,21,25-26H,1,3-4,7-9,12,17-20H2,(H,33,36)(H,34,37)(H,38,39)(H2,31,32,40)/t25-,26-/m0/s1. The molecule has 2 atom stereocenters. The van der Waals surface area contributed by atoms with E-state index in [0.29, 0.717) is 24.4 Å². The molecule has 0 bridgehead atoms. The van der Waals surface area contributed by atoms with Gasteiger partial charge in [-0.25, -0.2) is 18.0 Å². The monoisotopic (exact) mass is 613 g/mol. The number of carboxylic acid groups (broad SMARTS) is 1. The minimum Gasteiger partial charge on any atom is -0.480 e. The Balaban J connectivity index is 1.31. The van der Waals surface area contributed by atoms with Gasteiger partial charge in [0.15, 0.2) is 0 Å². The van der Waals surface area contributed by atoms with Crippen molar-refractivity contribution in [2.75, 3.05) is 18.4 Å². The third kappa shape index (κ3) is 9.01. The van der Waals surface area contributed by atoms with E-state index >= 15 is 0 Å². The van der Waals surface area contributed by atoms with Gasteiger partial charge in [0.05, 0.1) is 11.4 Å². The Bertz CT molecular complexity index is 1380. The van der Waals surface area contributed by atoms with E-state index in [1.54, 1.807) is 0 Å². The molecule has 43 heavy (non-hydrogen) atoms. The van der Waals surface area contributed by atoms with Crippen molar-refractivity contribution >= 4 is 39.5 Å². The minimum absolute atomic E-state index is 0.0379. The highest BCUT2D eigenvalue weighted by atomic mass is 32.2. The summed E-state index contributed by atoms with van der Waals surface area (Å²) >= 11 is 0. The number of nitrogens with zero attached hydrogens (tertiary/aromatic N) is 1. The zero-order chi connectivity index (χ0) is 30.8. The van der Waals surface area contributed by atoms with Gasteiger partial charge in [0.1, 0.15) is 12.1 Å². The second-order valence-electron chi connectivity index (χ2n) is 11.0. The maximum Gasteiger partial charge on any atom is 0.328 e. The maximum atomic E-state index is 13.4. The topological polar surface area (TPSA) is 174 Å². The van der Waals surface area contributed by atoms with Gasteiger partial charge < -0.3 is 26.4 Å². The van der Waals surface area contributed by atoms with Crippen LogP contribution in [0.1, 0.15) is 56.9 Å². The quantitative estimate of drug-likeness (QED) is 0.245. The molecule has 4 amide bonds. The molecule has 4 rings (SSSR count). The zero-order valence-electron chi connectivity index (χ0n) is 24.0. The molecule has 2 fully saturated rings. The molecule has 1 heterocycles. The lowest BCUT2D eigenvalue weighted by Crippen LogP contribution is -2.54. The van der Waals surface area contributed by atoms with Gasteiger partial charge in [-0.05, 0) is 61.4 Å². The van der Waals surface area contributed by atoms with Crippen LogP contribution in [0.4, 0.5) is 10.5 Å². The van der Waals surface area contributed by atoms with Crippen LogP contribution in [0.3, 0.4) is 0 Å². The number of nitrogens with one attached hydrogen (secondary N) is 4. The average molecular weight is 614 g/mol. The summed E-state index contributed by atoms with van der Waals surface area (Å²) in [6.45, 7) is -0.0627. The number of benzene rings is 2. The van der Waals surface area contributed by atoms with Crippen LogP contribution < -0.4 is 21.3 Å². The van der Waals surface area contributed by atoms with Gasteiger partial charge in [-0.2, -0.15) is 4.31 Å². The first kappa shape index (κ1) is 32.0. The van der Waals surface area contributed by atoms with Crippen molar-refractivity contribution in [3.63, 3.8) is 0 Å². The van der Waals surface area contributed by atoms with E-state index in [4.69, 9.17) is 0 Å². The summed E-state index contributed by atoms with van der Waals surface area (Å²) in [5.74, 6) is -1.85. The van der Waals surface area contributed by atoms with E-state index in [1.807, 2.05) is 30.3 Å². The van der Waals surface area contributed by atoms with Crippen LogP contribution in [0.5, 0.6) is 0 Å². The SMILES string of the molecule is O=C(CC1CCCCC1)Nc1ccc(S(=O)(=O)N2CCC[C@H]2C(=O)N[C@@H](CNC(=O)NCc2ccccc2)C(=O)O)cc1. The van der Waals surface area contributed by atoms with Gasteiger partial charge in [-0.3, -0.25) is 9.59 Å². The number of carbonyl (C=O) groups excluding carboxylic acids is 3. The number of carboxylic acids is 1. The Kier molecular flexibility index (Phi) is 11.1. The van der Waals surface area contributed by atoms with Crippen LogP contribution in [0.15, 0.2) is 59.5 Å². The predicted octanol–water partition coefficient (Wildman–Crippen LogP) is 2.82. The largest absolute Gasteiger partial charge is 0.480 e. The molecule has 232 valence electrons. The smallest absolute Gasteiger partial charge is 0.328 e. The molecule has 2 aromatic carbocycles. The number of sulfonamides is 1. The average Bonchev–Trinajstić information content (AvgIpc) is 3.51. The molecule has 0 radical (unpaired) electrons. The Morgan fingerprint density at radius 2 is 1.58 bits per heavy atom. The highest BCUT2D eigenvalue weighted by Crippen LogP contribution is 2.28. The van der Waals surface area contributed by atoms with Crippen LogP contribution in [-0.4, -0.2) is 66.8 Å². The fourth-order valence-corrected chi connectivity index (χ4v) is 7.16. The molecule has 1 saturated heterocycles. The second kappa shape index (κ2) is 15.0. The molecule has 0 aromatic heterocycles. The van der Waals surface area contributed by atoms with E-state index in [1.165, 1.54) is 30.7 Å². The molecule has 5 N–H and O–H groups in total. The lowest BCUT2D eigenvalue weighted by atomic mass is 9.87. The van der Waals surface area contributed by atoms with Gasteiger partial charge in [-0.1, -0.05) is 49.6 Å². The van der Waals surface area contributed by atoms with Crippen molar-refractivity contribution in [1.29, 1.82) is 0 Å². The molecule has 12 nitrogen and oxygen atoms in total. The number of hydrogen-bond acceptors (Lipinski definition) is 6. The number of urea groups is 1. The maximum absolute atomic E-state index is 13.4. The van der Waals surface area contributed by atoms with Crippen LogP contribution >= 0.6 is 0 Å². The highest BCUT2D eigenvalue weighted by molar-refractivity contribution is 7.89. The van der Waals surface area contributed by atoms with Gasteiger partial charge in [-0.15, -0.1) is 0 Å². The number of carbonyl (C=O) groups is 4. The fraction of sp³-hybridized carbons (Fsp3) is 0.467. The van der Waals surface area contributed by atoms with Gasteiger partial charge in [0, 0.05) is 25.2 Å². The highest BCUT2D eigenvalue weighted by Gasteiger charge is 2.40. The van der Waals surface area contributed by atoms with Gasteiger partial charge in [0.2, 0.25) is 21.8 Å². The third-order valence-corrected chi connectivity index (χ3v) is 9.75. The molecular weight excluding hydrogens is 574 g/mol. The van der Waals surface area contributed by atoms with Crippen molar-refractivity contribution in [3.8, 4) is 0 Å². The van der Waals surface area contributed by atoms with Crippen molar-refractivity contribution < 1.29 is 32.7 Å². The first-order valence-corrected chi connectivity index (χ1v) is 16.1. The molecule has 1 aliphatic heterocycles. The van der Waals surface area contributed by atoms with Gasteiger partial charge >= 0.3 is 12.0 Å². The molecule has 2 aromatic rings. The number of rotatable bonds is 12. The van der Waals surface area contributed by atoms with Crippen molar-refractivity contribution in [3.05, 3.63) is 60.2 Å². The zero-order valence-corrected chi connectivity index (χ0v) is 24.8. The van der Waals surface area contributed by atoms with E-state index in [2.05, 4.69) is 21.3 Å². The molecule has 1 saturated carbocycles. The first-order chi connectivity index (χ1) is 20.6. The molecule has 1 aliphatic carbocycles. The van der Waals surface area contributed by atoms with Crippen LogP contribution in [0.25, 0.3) is 0 Å². The summed E-state index contributed by atoms with van der Waals surface area (Å²) in [6, 6.07) is 11.8. The second-order valence-corrected chi connectivity index (χ2v) is 12.9. The molecule has 2 aliphatic rings.